The summed E-state index contributed by atoms with van der Waals surface area (Å²) < 4.78 is 26.6. The van der Waals surface area contributed by atoms with Gasteiger partial charge in [-0.3, -0.25) is 4.79 Å². The molecule has 0 aromatic heterocycles. The number of rotatable bonds is 7. The molecule has 0 amide bonds. The molecule has 1 aliphatic heterocycles. The van der Waals surface area contributed by atoms with Crippen LogP contribution in [0.4, 0.5) is 0 Å². The van der Waals surface area contributed by atoms with Gasteiger partial charge >= 0.3 is 11.9 Å². The van der Waals surface area contributed by atoms with Gasteiger partial charge in [0.05, 0.1) is 21.3 Å². The second-order valence-corrected chi connectivity index (χ2v) is 6.12. The van der Waals surface area contributed by atoms with Gasteiger partial charge in [-0.15, -0.1) is 0 Å². The molecule has 0 saturated carbocycles. The quantitative estimate of drug-likeness (QED) is 0.392. The molecular formula is C22H21NO7. The number of nitrogens with zero attached hydrogens (tertiary/aromatic N) is 1. The topological polar surface area (TPSA) is 92.7 Å². The first kappa shape index (κ1) is 20.9. The van der Waals surface area contributed by atoms with Crippen LogP contribution in [0.1, 0.15) is 24.5 Å². The van der Waals surface area contributed by atoms with Crippen LogP contribution < -0.4 is 18.9 Å². The number of methoxy groups -OCH3 is 3. The first-order chi connectivity index (χ1) is 14.5. The predicted octanol–water partition coefficient (Wildman–Crippen LogP) is 3.37. The highest BCUT2D eigenvalue weighted by Gasteiger charge is 2.27. The third-order valence-electron chi connectivity index (χ3n) is 4.26. The highest BCUT2D eigenvalue weighted by atomic mass is 16.6. The second kappa shape index (κ2) is 9.13. The number of carbonyl (C=O) groups is 2. The van der Waals surface area contributed by atoms with Gasteiger partial charge in [0, 0.05) is 17.5 Å². The zero-order valence-corrected chi connectivity index (χ0v) is 17.1. The summed E-state index contributed by atoms with van der Waals surface area (Å²) in [6.45, 7) is 1.70. The van der Waals surface area contributed by atoms with Crippen molar-refractivity contribution in [2.24, 2.45) is 4.99 Å². The molecule has 0 spiro atoms. The molecule has 0 radical (unpaired) electrons. The number of cyclic esters (lactones) is 1. The molecule has 156 valence electrons. The lowest BCUT2D eigenvalue weighted by Crippen LogP contribution is -2.07. The van der Waals surface area contributed by atoms with E-state index in [-0.39, 0.29) is 24.0 Å². The van der Waals surface area contributed by atoms with Crippen LogP contribution in [-0.4, -0.2) is 39.2 Å². The Labute approximate surface area is 173 Å². The Morgan fingerprint density at radius 3 is 2.30 bits per heavy atom. The fourth-order valence-electron chi connectivity index (χ4n) is 2.77. The van der Waals surface area contributed by atoms with Crippen molar-refractivity contribution in [1.82, 2.24) is 0 Å². The van der Waals surface area contributed by atoms with E-state index < -0.39 is 5.97 Å². The average Bonchev–Trinajstić information content (AvgIpc) is 3.13. The highest BCUT2D eigenvalue weighted by molar-refractivity contribution is 6.13. The molecule has 0 N–H and O–H groups in total. The van der Waals surface area contributed by atoms with Crippen molar-refractivity contribution in [1.29, 1.82) is 0 Å². The minimum Gasteiger partial charge on any atom is -0.493 e. The van der Waals surface area contributed by atoms with Gasteiger partial charge in [0.15, 0.2) is 17.2 Å². The maximum Gasteiger partial charge on any atom is 0.363 e. The van der Waals surface area contributed by atoms with E-state index in [9.17, 15) is 9.59 Å². The van der Waals surface area contributed by atoms with Crippen molar-refractivity contribution in [2.75, 3.05) is 21.3 Å². The van der Waals surface area contributed by atoms with Crippen LogP contribution in [0.25, 0.3) is 6.08 Å². The van der Waals surface area contributed by atoms with E-state index in [0.29, 0.717) is 34.1 Å². The van der Waals surface area contributed by atoms with Crippen LogP contribution in [0, 0.1) is 0 Å². The van der Waals surface area contributed by atoms with Crippen molar-refractivity contribution < 1.29 is 33.3 Å². The normalized spacial score (nSPS) is 14.2. The SMILES string of the molecule is CCC(=O)Oc1ccccc1/C=C1\N=C(c2cc(OC)c(OC)c(OC)c2)OC1=O. The number of ether oxygens (including phenoxy) is 5. The molecule has 1 aliphatic rings. The number of esters is 2. The van der Waals surface area contributed by atoms with Crippen molar-refractivity contribution in [3.63, 3.8) is 0 Å². The van der Waals surface area contributed by atoms with Crippen molar-refractivity contribution in [2.45, 2.75) is 13.3 Å². The lowest BCUT2D eigenvalue weighted by Gasteiger charge is -2.13. The number of carbonyl (C=O) groups excluding carboxylic acids is 2. The molecule has 0 fully saturated rings. The molecule has 0 aliphatic carbocycles. The number of aliphatic imine (C=N–C) groups is 1. The predicted molar refractivity (Wildman–Crippen MR) is 109 cm³/mol. The summed E-state index contributed by atoms with van der Waals surface area (Å²) >= 11 is 0. The van der Waals surface area contributed by atoms with Crippen LogP contribution in [-0.2, 0) is 14.3 Å². The summed E-state index contributed by atoms with van der Waals surface area (Å²) in [5, 5.41) is 0. The monoisotopic (exact) mass is 411 g/mol. The van der Waals surface area contributed by atoms with Crippen molar-refractivity contribution in [3.8, 4) is 23.0 Å². The number of para-hydroxylation sites is 1. The van der Waals surface area contributed by atoms with Gasteiger partial charge in [-0.2, -0.15) is 0 Å². The van der Waals surface area contributed by atoms with E-state index in [0.717, 1.165) is 0 Å². The third-order valence-corrected chi connectivity index (χ3v) is 4.26. The molecule has 0 bridgehead atoms. The first-order valence-corrected chi connectivity index (χ1v) is 9.13. The molecule has 0 atom stereocenters. The number of hydrogen-bond donors (Lipinski definition) is 0. The van der Waals surface area contributed by atoms with Gasteiger partial charge in [0.25, 0.3) is 0 Å². The maximum atomic E-state index is 12.4. The Hall–Kier alpha value is -3.81. The van der Waals surface area contributed by atoms with Crippen LogP contribution in [0.2, 0.25) is 0 Å². The largest absolute Gasteiger partial charge is 0.493 e. The van der Waals surface area contributed by atoms with E-state index in [4.69, 9.17) is 23.7 Å². The number of hydrogen-bond acceptors (Lipinski definition) is 8. The Morgan fingerprint density at radius 1 is 1.03 bits per heavy atom. The summed E-state index contributed by atoms with van der Waals surface area (Å²) in [6.07, 6.45) is 1.74. The summed E-state index contributed by atoms with van der Waals surface area (Å²) in [6, 6.07) is 10.1. The smallest absolute Gasteiger partial charge is 0.363 e. The Balaban J connectivity index is 1.99. The summed E-state index contributed by atoms with van der Waals surface area (Å²) in [5.41, 5.74) is 1.08. The summed E-state index contributed by atoms with van der Waals surface area (Å²) in [5.74, 6) is 0.636. The molecule has 3 rings (SSSR count). The van der Waals surface area contributed by atoms with Gasteiger partial charge in [0.1, 0.15) is 5.75 Å². The van der Waals surface area contributed by atoms with E-state index in [1.165, 1.54) is 27.4 Å². The summed E-state index contributed by atoms with van der Waals surface area (Å²) in [4.78, 5) is 28.3. The molecule has 30 heavy (non-hydrogen) atoms. The van der Waals surface area contributed by atoms with E-state index in [1.807, 2.05) is 0 Å². The fraction of sp³-hybridized carbons (Fsp3) is 0.227. The minimum atomic E-state index is -0.629. The van der Waals surface area contributed by atoms with Crippen LogP contribution in [0.3, 0.4) is 0 Å². The van der Waals surface area contributed by atoms with Crippen LogP contribution in [0.5, 0.6) is 23.0 Å². The fourth-order valence-corrected chi connectivity index (χ4v) is 2.77. The molecular weight excluding hydrogens is 390 g/mol. The van der Waals surface area contributed by atoms with Gasteiger partial charge in [-0.05, 0) is 24.3 Å². The van der Waals surface area contributed by atoms with Crippen molar-refractivity contribution in [3.05, 3.63) is 53.2 Å². The molecule has 8 heteroatoms. The zero-order chi connectivity index (χ0) is 21.7. The lowest BCUT2D eigenvalue weighted by atomic mass is 10.1. The second-order valence-electron chi connectivity index (χ2n) is 6.12. The maximum absolute atomic E-state index is 12.4. The molecule has 2 aromatic rings. The van der Waals surface area contributed by atoms with Gasteiger partial charge < -0.3 is 23.7 Å². The molecule has 8 nitrogen and oxygen atoms in total. The zero-order valence-electron chi connectivity index (χ0n) is 17.1. The van der Waals surface area contributed by atoms with E-state index in [1.54, 1.807) is 43.3 Å². The van der Waals surface area contributed by atoms with Crippen LogP contribution in [0.15, 0.2) is 47.1 Å². The molecule has 0 unspecified atom stereocenters. The Bertz CT molecular complexity index is 1010. The first-order valence-electron chi connectivity index (χ1n) is 9.13. The van der Waals surface area contributed by atoms with Gasteiger partial charge in [-0.25, -0.2) is 9.79 Å². The van der Waals surface area contributed by atoms with Crippen molar-refractivity contribution >= 4 is 23.9 Å². The van der Waals surface area contributed by atoms with E-state index >= 15 is 0 Å². The lowest BCUT2D eigenvalue weighted by molar-refractivity contribution is -0.134. The molecule has 0 saturated heterocycles. The number of benzene rings is 2. The van der Waals surface area contributed by atoms with Gasteiger partial charge in [0.2, 0.25) is 11.6 Å². The van der Waals surface area contributed by atoms with Crippen LogP contribution >= 0.6 is 0 Å². The Kier molecular flexibility index (Phi) is 6.36. The third kappa shape index (κ3) is 4.27. The Morgan fingerprint density at radius 2 is 1.70 bits per heavy atom. The minimum absolute atomic E-state index is 0.0683. The summed E-state index contributed by atoms with van der Waals surface area (Å²) in [7, 11) is 4.48. The molecule has 1 heterocycles. The average molecular weight is 411 g/mol. The standard InChI is InChI=1S/C22H21NO7/c1-5-19(24)29-16-9-7-6-8-13(16)10-15-22(25)30-21(23-15)14-11-17(26-2)20(28-4)18(12-14)27-3/h6-12H,5H2,1-4H3/b15-10-. The van der Waals surface area contributed by atoms with E-state index in [2.05, 4.69) is 4.99 Å². The molecule has 2 aromatic carbocycles. The highest BCUT2D eigenvalue weighted by Crippen LogP contribution is 2.39. The van der Waals surface area contributed by atoms with Gasteiger partial charge in [-0.1, -0.05) is 25.1 Å².